The summed E-state index contributed by atoms with van der Waals surface area (Å²) in [5.74, 6) is 0.609. The van der Waals surface area contributed by atoms with E-state index in [4.69, 9.17) is 14.2 Å². The molecule has 5 nitrogen and oxygen atoms in total. The number of ether oxygens (including phenoxy) is 3. The first-order valence-corrected chi connectivity index (χ1v) is 8.41. The van der Waals surface area contributed by atoms with Crippen LogP contribution in [-0.2, 0) is 4.79 Å². The molecule has 0 saturated carbocycles. The maximum absolute atomic E-state index is 13.6. The summed E-state index contributed by atoms with van der Waals surface area (Å²) in [6.07, 6.45) is 0.609. The summed E-state index contributed by atoms with van der Waals surface area (Å²) in [6.45, 7) is 3.67. The van der Waals surface area contributed by atoms with E-state index in [0.717, 1.165) is 5.56 Å². The van der Waals surface area contributed by atoms with Gasteiger partial charge in [0.15, 0.2) is 18.2 Å². The Morgan fingerprint density at radius 3 is 2.81 bits per heavy atom. The van der Waals surface area contributed by atoms with Crippen molar-refractivity contribution in [1.29, 1.82) is 0 Å². The smallest absolute Gasteiger partial charge is 0.258 e. The van der Waals surface area contributed by atoms with E-state index in [0.29, 0.717) is 17.9 Å². The fourth-order valence-corrected chi connectivity index (χ4v) is 3.03. The Morgan fingerprint density at radius 2 is 2.08 bits per heavy atom. The molecule has 0 radical (unpaired) electrons. The predicted molar refractivity (Wildman–Crippen MR) is 95.1 cm³/mol. The van der Waals surface area contributed by atoms with Crippen molar-refractivity contribution in [2.75, 3.05) is 13.7 Å². The molecule has 1 aliphatic rings. The number of amides is 1. The standard InChI is InChI=1S/C20H22FNO4/c1-20(2)11-16(14-9-8-13(24-3)10-18(14)26-20)22-19(23)12-25-17-7-5-4-6-15(17)21/h4-10,16H,11-12H2,1-3H3,(H,22,23)/t16-/m1/s1. The van der Waals surface area contributed by atoms with Gasteiger partial charge in [-0.15, -0.1) is 0 Å². The molecule has 0 spiro atoms. The molecule has 0 saturated heterocycles. The van der Waals surface area contributed by atoms with Crippen molar-refractivity contribution in [3.05, 3.63) is 53.8 Å². The van der Waals surface area contributed by atoms with Gasteiger partial charge in [-0.25, -0.2) is 4.39 Å². The second-order valence-electron chi connectivity index (χ2n) is 6.81. The van der Waals surface area contributed by atoms with Crippen LogP contribution in [0.15, 0.2) is 42.5 Å². The quantitative estimate of drug-likeness (QED) is 0.886. The zero-order valence-corrected chi connectivity index (χ0v) is 15.0. The lowest BCUT2D eigenvalue weighted by atomic mass is 9.89. The van der Waals surface area contributed by atoms with Crippen LogP contribution < -0.4 is 19.5 Å². The van der Waals surface area contributed by atoms with E-state index in [9.17, 15) is 9.18 Å². The normalized spacial score (nSPS) is 17.6. The molecule has 3 rings (SSSR count). The first-order chi connectivity index (χ1) is 12.4. The Balaban J connectivity index is 1.71. The monoisotopic (exact) mass is 359 g/mol. The molecule has 0 aromatic heterocycles. The number of benzene rings is 2. The average molecular weight is 359 g/mol. The predicted octanol–water partition coefficient (Wildman–Crippen LogP) is 3.63. The summed E-state index contributed by atoms with van der Waals surface area (Å²) in [5, 5.41) is 2.95. The van der Waals surface area contributed by atoms with Crippen molar-refractivity contribution in [3.8, 4) is 17.2 Å². The van der Waals surface area contributed by atoms with Gasteiger partial charge in [0.05, 0.1) is 13.2 Å². The first-order valence-electron chi connectivity index (χ1n) is 8.41. The Kier molecular flexibility index (Phi) is 5.02. The number of carbonyl (C=O) groups excluding carboxylic acids is 1. The van der Waals surface area contributed by atoms with Gasteiger partial charge in [0.1, 0.15) is 17.1 Å². The summed E-state index contributed by atoms with van der Waals surface area (Å²) in [4.78, 5) is 12.3. The zero-order chi connectivity index (χ0) is 18.7. The Bertz CT molecular complexity index is 806. The molecule has 0 bridgehead atoms. The third-order valence-electron chi connectivity index (χ3n) is 4.21. The lowest BCUT2D eigenvalue weighted by Crippen LogP contribution is -2.42. The van der Waals surface area contributed by atoms with Crippen molar-refractivity contribution >= 4 is 5.91 Å². The number of nitrogens with one attached hydrogen (secondary N) is 1. The van der Waals surface area contributed by atoms with E-state index in [1.165, 1.54) is 12.1 Å². The Labute approximate surface area is 152 Å². The van der Waals surface area contributed by atoms with Gasteiger partial charge in [-0.2, -0.15) is 0 Å². The highest BCUT2D eigenvalue weighted by Gasteiger charge is 2.34. The highest BCUT2D eigenvalue weighted by Crippen LogP contribution is 2.41. The average Bonchev–Trinajstić information content (AvgIpc) is 2.59. The minimum absolute atomic E-state index is 0.0556. The van der Waals surface area contributed by atoms with Crippen LogP contribution in [0.1, 0.15) is 31.9 Å². The van der Waals surface area contributed by atoms with Crippen LogP contribution >= 0.6 is 0 Å². The third kappa shape index (κ3) is 4.07. The van der Waals surface area contributed by atoms with Gasteiger partial charge >= 0.3 is 0 Å². The molecule has 0 fully saturated rings. The van der Waals surface area contributed by atoms with E-state index in [1.54, 1.807) is 19.2 Å². The second kappa shape index (κ2) is 7.23. The number of methoxy groups -OCH3 is 1. The van der Waals surface area contributed by atoms with E-state index in [2.05, 4.69) is 5.32 Å². The Morgan fingerprint density at radius 1 is 1.31 bits per heavy atom. The third-order valence-corrected chi connectivity index (χ3v) is 4.21. The van der Waals surface area contributed by atoms with Crippen LogP contribution in [0, 0.1) is 5.82 Å². The summed E-state index contributed by atoms with van der Waals surface area (Å²) in [6, 6.07) is 11.3. The van der Waals surface area contributed by atoms with Gasteiger partial charge in [0.25, 0.3) is 5.91 Å². The van der Waals surface area contributed by atoms with E-state index in [1.807, 2.05) is 32.0 Å². The highest BCUT2D eigenvalue weighted by molar-refractivity contribution is 5.78. The number of carbonyl (C=O) groups is 1. The molecule has 0 aliphatic carbocycles. The molecule has 6 heteroatoms. The molecule has 1 atom stereocenters. The number of rotatable bonds is 5. The summed E-state index contributed by atoms with van der Waals surface area (Å²) >= 11 is 0. The van der Waals surface area contributed by atoms with Crippen LogP contribution in [0.4, 0.5) is 4.39 Å². The Hall–Kier alpha value is -2.76. The second-order valence-corrected chi connectivity index (χ2v) is 6.81. The van der Waals surface area contributed by atoms with Crippen molar-refractivity contribution in [1.82, 2.24) is 5.32 Å². The summed E-state index contributed by atoms with van der Waals surface area (Å²) in [5.41, 5.74) is 0.438. The number of fused-ring (bicyclic) bond motifs is 1. The SMILES string of the molecule is COc1ccc2c(c1)OC(C)(C)C[C@H]2NC(=O)COc1ccccc1F. The van der Waals surface area contributed by atoms with Gasteiger partial charge in [-0.1, -0.05) is 12.1 Å². The molecule has 1 N–H and O–H groups in total. The van der Waals surface area contributed by atoms with Gasteiger partial charge in [0.2, 0.25) is 0 Å². The largest absolute Gasteiger partial charge is 0.497 e. The van der Waals surface area contributed by atoms with E-state index in [-0.39, 0.29) is 24.3 Å². The van der Waals surface area contributed by atoms with Crippen LogP contribution in [0.3, 0.4) is 0 Å². The van der Waals surface area contributed by atoms with Gasteiger partial charge in [-0.3, -0.25) is 4.79 Å². The summed E-state index contributed by atoms with van der Waals surface area (Å²) in [7, 11) is 1.59. The molecular weight excluding hydrogens is 337 g/mol. The molecule has 26 heavy (non-hydrogen) atoms. The van der Waals surface area contributed by atoms with Gasteiger partial charge in [0, 0.05) is 18.1 Å². The molecule has 2 aromatic rings. The van der Waals surface area contributed by atoms with Crippen LogP contribution in [0.25, 0.3) is 0 Å². The fourth-order valence-electron chi connectivity index (χ4n) is 3.03. The number of para-hydroxylation sites is 1. The lowest BCUT2D eigenvalue weighted by Gasteiger charge is -2.38. The van der Waals surface area contributed by atoms with Crippen molar-refractivity contribution in [3.63, 3.8) is 0 Å². The molecule has 138 valence electrons. The maximum Gasteiger partial charge on any atom is 0.258 e. The van der Waals surface area contributed by atoms with Crippen LogP contribution in [0.5, 0.6) is 17.2 Å². The number of hydrogen-bond acceptors (Lipinski definition) is 4. The van der Waals surface area contributed by atoms with Gasteiger partial charge in [-0.05, 0) is 38.1 Å². The van der Waals surface area contributed by atoms with E-state index >= 15 is 0 Å². The zero-order valence-electron chi connectivity index (χ0n) is 15.0. The lowest BCUT2D eigenvalue weighted by molar-refractivity contribution is -0.124. The number of halogens is 1. The number of hydrogen-bond donors (Lipinski definition) is 1. The van der Waals surface area contributed by atoms with E-state index < -0.39 is 11.4 Å². The van der Waals surface area contributed by atoms with Gasteiger partial charge < -0.3 is 19.5 Å². The maximum atomic E-state index is 13.6. The highest BCUT2D eigenvalue weighted by atomic mass is 19.1. The molecule has 2 aromatic carbocycles. The molecule has 1 aliphatic heterocycles. The van der Waals surface area contributed by atoms with Crippen molar-refractivity contribution < 1.29 is 23.4 Å². The molecular formula is C20H22FNO4. The molecule has 0 unspecified atom stereocenters. The molecule has 1 heterocycles. The van der Waals surface area contributed by atoms with Crippen molar-refractivity contribution in [2.45, 2.75) is 31.9 Å². The summed E-state index contributed by atoms with van der Waals surface area (Å²) < 4.78 is 30.1. The minimum atomic E-state index is -0.495. The minimum Gasteiger partial charge on any atom is -0.497 e. The topological polar surface area (TPSA) is 56.8 Å². The molecule has 1 amide bonds. The fraction of sp³-hybridized carbons (Fsp3) is 0.350. The van der Waals surface area contributed by atoms with Crippen LogP contribution in [0.2, 0.25) is 0 Å². The van der Waals surface area contributed by atoms with Crippen molar-refractivity contribution in [2.24, 2.45) is 0 Å². The van der Waals surface area contributed by atoms with Crippen LogP contribution in [-0.4, -0.2) is 25.2 Å². The first kappa shape index (κ1) is 18.0.